The van der Waals surface area contributed by atoms with Gasteiger partial charge in [0.25, 0.3) is 0 Å². The summed E-state index contributed by atoms with van der Waals surface area (Å²) in [6.45, 7) is 3.02. The summed E-state index contributed by atoms with van der Waals surface area (Å²) in [5.41, 5.74) is 12.2. The number of anilines is 2. The molecule has 9 heteroatoms. The molecule has 7 nitrogen and oxygen atoms in total. The van der Waals surface area contributed by atoms with Crippen molar-refractivity contribution in [3.8, 4) is 0 Å². The molecule has 5 N–H and O–H groups in total. The molecule has 0 radical (unpaired) electrons. The van der Waals surface area contributed by atoms with Gasteiger partial charge < -0.3 is 21.7 Å². The predicted octanol–water partition coefficient (Wildman–Crippen LogP) is 3.18. The maximum Gasteiger partial charge on any atom is 0.240 e. The minimum absolute atomic E-state index is 0. The lowest BCUT2D eigenvalue weighted by atomic mass is 9.87. The number of amides is 1. The molecule has 2 aromatic rings. The Balaban J connectivity index is 0.00000280. The maximum absolute atomic E-state index is 12.8. The number of aromatic nitrogens is 2. The molecule has 2 heterocycles. The number of piperidine rings is 1. The van der Waals surface area contributed by atoms with Gasteiger partial charge in [-0.3, -0.25) is 4.79 Å². The minimum Gasteiger partial charge on any atom is -0.382 e. The standard InChI is InChI=1S/C18H22Cl2N6O.CH4/c1-11(12-2-4-13(19)5-3-12)25-17(27)18(22)6-8-26(9-7-18)16-14(20)15(21)23-10-24-16;/h2-5,10-11H,6-9,22H2,1H3,(H,25,27)(H2,21,23,24);1H4/t11-;/m0./s1. The van der Waals surface area contributed by atoms with Gasteiger partial charge in [0.1, 0.15) is 17.2 Å². The van der Waals surface area contributed by atoms with E-state index in [1.165, 1.54) is 6.33 Å². The third-order valence-electron chi connectivity index (χ3n) is 4.92. The van der Waals surface area contributed by atoms with E-state index in [1.807, 2.05) is 24.0 Å². The van der Waals surface area contributed by atoms with Crippen molar-refractivity contribution in [3.63, 3.8) is 0 Å². The van der Waals surface area contributed by atoms with Crippen molar-refractivity contribution in [1.29, 1.82) is 0 Å². The molecule has 0 bridgehead atoms. The molecular formula is C19H26Cl2N6O. The van der Waals surface area contributed by atoms with Crippen molar-refractivity contribution in [3.05, 3.63) is 46.2 Å². The lowest BCUT2D eigenvalue weighted by Crippen LogP contribution is -2.60. The molecule has 0 spiro atoms. The lowest BCUT2D eigenvalue weighted by Gasteiger charge is -2.39. The highest BCUT2D eigenvalue weighted by atomic mass is 35.5. The number of benzene rings is 1. The van der Waals surface area contributed by atoms with E-state index in [-0.39, 0.29) is 25.2 Å². The van der Waals surface area contributed by atoms with Crippen molar-refractivity contribution in [2.75, 3.05) is 23.7 Å². The van der Waals surface area contributed by atoms with Gasteiger partial charge in [-0.15, -0.1) is 0 Å². The zero-order valence-corrected chi connectivity index (χ0v) is 16.5. The van der Waals surface area contributed by atoms with Gasteiger partial charge in [-0.25, -0.2) is 9.97 Å². The van der Waals surface area contributed by atoms with Crippen LogP contribution in [0, 0.1) is 0 Å². The molecule has 1 atom stereocenters. The van der Waals surface area contributed by atoms with Crippen LogP contribution in [-0.2, 0) is 4.79 Å². The Morgan fingerprint density at radius 1 is 1.21 bits per heavy atom. The number of nitrogens with one attached hydrogen (secondary N) is 1. The zero-order chi connectivity index (χ0) is 19.6. The Kier molecular flexibility index (Phi) is 7.09. The van der Waals surface area contributed by atoms with E-state index in [0.717, 1.165) is 5.56 Å². The van der Waals surface area contributed by atoms with Crippen LogP contribution in [0.4, 0.5) is 11.6 Å². The summed E-state index contributed by atoms with van der Waals surface area (Å²) in [6.07, 6.45) is 2.33. The molecule has 1 amide bonds. The van der Waals surface area contributed by atoms with Crippen molar-refractivity contribution in [2.24, 2.45) is 5.73 Å². The first-order chi connectivity index (χ1) is 12.8. The topological polar surface area (TPSA) is 110 Å². The Hall–Kier alpha value is -2.09. The Bertz CT molecular complexity index is 822. The first-order valence-electron chi connectivity index (χ1n) is 8.66. The lowest BCUT2D eigenvalue weighted by molar-refractivity contribution is -0.127. The van der Waals surface area contributed by atoms with E-state index < -0.39 is 5.54 Å². The van der Waals surface area contributed by atoms with Gasteiger partial charge in [-0.05, 0) is 37.5 Å². The summed E-state index contributed by atoms with van der Waals surface area (Å²) in [7, 11) is 0. The third-order valence-corrected chi connectivity index (χ3v) is 5.54. The molecule has 1 fully saturated rings. The van der Waals surface area contributed by atoms with E-state index >= 15 is 0 Å². The van der Waals surface area contributed by atoms with Crippen LogP contribution in [0.1, 0.15) is 38.8 Å². The Morgan fingerprint density at radius 3 is 2.43 bits per heavy atom. The number of rotatable bonds is 4. The molecule has 0 unspecified atom stereocenters. The van der Waals surface area contributed by atoms with Crippen molar-refractivity contribution in [1.82, 2.24) is 15.3 Å². The highest BCUT2D eigenvalue weighted by molar-refractivity contribution is 6.35. The highest BCUT2D eigenvalue weighted by Gasteiger charge is 2.39. The first-order valence-corrected chi connectivity index (χ1v) is 9.42. The number of nitrogens with two attached hydrogens (primary N) is 2. The summed E-state index contributed by atoms with van der Waals surface area (Å²) in [5.74, 6) is 0.639. The second-order valence-corrected chi connectivity index (χ2v) is 7.60. The van der Waals surface area contributed by atoms with Crippen LogP contribution in [0.2, 0.25) is 10.0 Å². The maximum atomic E-state index is 12.8. The van der Waals surface area contributed by atoms with E-state index in [1.54, 1.807) is 12.1 Å². The van der Waals surface area contributed by atoms with Crippen LogP contribution in [0.5, 0.6) is 0 Å². The fraction of sp³-hybridized carbons (Fsp3) is 0.421. The first kappa shape index (κ1) is 22.2. The van der Waals surface area contributed by atoms with Gasteiger partial charge in [0.15, 0.2) is 5.82 Å². The number of halogens is 2. The number of nitrogens with zero attached hydrogens (tertiary/aromatic N) is 3. The average molecular weight is 425 g/mol. The smallest absolute Gasteiger partial charge is 0.240 e. The number of carbonyl (C=O) groups excluding carboxylic acids is 1. The normalized spacial score (nSPS) is 16.8. The molecule has 1 aromatic carbocycles. The minimum atomic E-state index is -0.942. The summed E-state index contributed by atoms with van der Waals surface area (Å²) >= 11 is 12.1. The monoisotopic (exact) mass is 424 g/mol. The second kappa shape index (κ2) is 8.94. The molecule has 1 aromatic heterocycles. The Morgan fingerprint density at radius 2 is 1.82 bits per heavy atom. The van der Waals surface area contributed by atoms with Gasteiger partial charge >= 0.3 is 0 Å². The van der Waals surface area contributed by atoms with Gasteiger partial charge in [-0.2, -0.15) is 0 Å². The van der Waals surface area contributed by atoms with Gasteiger partial charge in [0, 0.05) is 18.1 Å². The second-order valence-electron chi connectivity index (χ2n) is 6.79. The van der Waals surface area contributed by atoms with Crippen molar-refractivity contribution in [2.45, 2.75) is 38.8 Å². The van der Waals surface area contributed by atoms with Crippen LogP contribution in [-0.4, -0.2) is 34.5 Å². The van der Waals surface area contributed by atoms with Gasteiger partial charge in [-0.1, -0.05) is 42.8 Å². The molecule has 1 aliphatic rings. The predicted molar refractivity (Wildman–Crippen MR) is 115 cm³/mol. The summed E-state index contributed by atoms with van der Waals surface area (Å²) < 4.78 is 0. The number of hydrogen-bond donors (Lipinski definition) is 3. The fourth-order valence-electron chi connectivity index (χ4n) is 3.11. The van der Waals surface area contributed by atoms with Crippen LogP contribution >= 0.6 is 23.2 Å². The van der Waals surface area contributed by atoms with Crippen LogP contribution in [0.15, 0.2) is 30.6 Å². The highest BCUT2D eigenvalue weighted by Crippen LogP contribution is 2.31. The van der Waals surface area contributed by atoms with Gasteiger partial charge in [0.2, 0.25) is 5.91 Å². The molecule has 3 rings (SSSR count). The van der Waals surface area contributed by atoms with Crippen molar-refractivity contribution < 1.29 is 4.79 Å². The SMILES string of the molecule is C.C[C@H](NC(=O)C1(N)CCN(c2ncnc(N)c2Cl)CC1)c1ccc(Cl)cc1. The van der Waals surface area contributed by atoms with Crippen LogP contribution in [0.25, 0.3) is 0 Å². The van der Waals surface area contributed by atoms with Gasteiger partial charge in [0.05, 0.1) is 11.6 Å². The summed E-state index contributed by atoms with van der Waals surface area (Å²) in [5, 5.41) is 3.98. The Labute approximate surface area is 175 Å². The zero-order valence-electron chi connectivity index (χ0n) is 15.0. The molecule has 0 saturated carbocycles. The molecule has 152 valence electrons. The molecule has 0 aliphatic carbocycles. The number of carbonyl (C=O) groups is 1. The third kappa shape index (κ3) is 4.66. The number of hydrogen-bond acceptors (Lipinski definition) is 6. The largest absolute Gasteiger partial charge is 0.382 e. The summed E-state index contributed by atoms with van der Waals surface area (Å²) in [4.78, 5) is 22.8. The quantitative estimate of drug-likeness (QED) is 0.694. The molecule has 1 aliphatic heterocycles. The van der Waals surface area contributed by atoms with E-state index in [9.17, 15) is 4.79 Å². The molecular weight excluding hydrogens is 399 g/mol. The van der Waals surface area contributed by atoms with Crippen molar-refractivity contribution >= 4 is 40.7 Å². The van der Waals surface area contributed by atoms with E-state index in [0.29, 0.717) is 41.8 Å². The van der Waals surface area contributed by atoms with Crippen LogP contribution in [0.3, 0.4) is 0 Å². The van der Waals surface area contributed by atoms with E-state index in [4.69, 9.17) is 34.7 Å². The van der Waals surface area contributed by atoms with Crippen LogP contribution < -0.4 is 21.7 Å². The molecule has 1 saturated heterocycles. The fourth-order valence-corrected chi connectivity index (χ4v) is 3.46. The summed E-state index contributed by atoms with van der Waals surface area (Å²) in [6, 6.07) is 7.21. The van der Waals surface area contributed by atoms with E-state index in [2.05, 4.69) is 15.3 Å². The number of nitrogen functional groups attached to an aromatic ring is 1. The molecule has 28 heavy (non-hydrogen) atoms. The average Bonchev–Trinajstić information content (AvgIpc) is 2.65.